The predicted octanol–water partition coefficient (Wildman–Crippen LogP) is 2.43. The number of hydrogen-bond acceptors (Lipinski definition) is 4. The third kappa shape index (κ3) is 2.17. The molecule has 4 nitrogen and oxygen atoms in total. The number of nitrogens with one attached hydrogen (secondary N) is 1. The van der Waals surface area contributed by atoms with Crippen molar-refractivity contribution >= 4 is 0 Å². The molecule has 1 spiro atoms. The summed E-state index contributed by atoms with van der Waals surface area (Å²) in [5.74, 6) is 1.69. The minimum absolute atomic E-state index is 0.122. The van der Waals surface area contributed by atoms with Crippen molar-refractivity contribution in [2.45, 2.75) is 37.3 Å². The molecule has 4 rings (SSSR count). The first-order chi connectivity index (χ1) is 9.85. The first kappa shape index (κ1) is 12.5. The summed E-state index contributed by atoms with van der Waals surface area (Å²) in [6.07, 6.45) is 5.27. The van der Waals surface area contributed by atoms with Gasteiger partial charge in [0, 0.05) is 12.1 Å². The molecular weight excluding hydrogens is 254 g/mol. The molecule has 0 radical (unpaired) electrons. The Kier molecular flexibility index (Phi) is 3.08. The third-order valence-corrected chi connectivity index (χ3v) is 4.72. The molecule has 1 saturated carbocycles. The first-order valence-electron chi connectivity index (χ1n) is 7.61. The number of morpholine rings is 1. The molecule has 3 aliphatic rings. The van der Waals surface area contributed by atoms with E-state index in [4.69, 9.17) is 14.2 Å². The van der Waals surface area contributed by atoms with Crippen molar-refractivity contribution in [2.24, 2.45) is 0 Å². The summed E-state index contributed by atoms with van der Waals surface area (Å²) in [5, 5.41) is 3.73. The number of hydrogen-bond donors (Lipinski definition) is 1. The van der Waals surface area contributed by atoms with E-state index in [0.717, 1.165) is 24.7 Å². The zero-order chi connectivity index (χ0) is 13.4. The fraction of sp³-hybridized carbons (Fsp3) is 0.625. The maximum absolute atomic E-state index is 6.13. The van der Waals surface area contributed by atoms with Crippen molar-refractivity contribution < 1.29 is 14.2 Å². The molecule has 0 amide bonds. The Bertz CT molecular complexity index is 486. The fourth-order valence-corrected chi connectivity index (χ4v) is 3.53. The van der Waals surface area contributed by atoms with Gasteiger partial charge in [0.25, 0.3) is 0 Å². The van der Waals surface area contributed by atoms with Gasteiger partial charge in [0.1, 0.15) is 13.2 Å². The van der Waals surface area contributed by atoms with Crippen molar-refractivity contribution in [1.82, 2.24) is 5.32 Å². The Morgan fingerprint density at radius 3 is 2.60 bits per heavy atom. The zero-order valence-electron chi connectivity index (χ0n) is 11.7. The highest BCUT2D eigenvalue weighted by Crippen LogP contribution is 2.37. The van der Waals surface area contributed by atoms with Crippen LogP contribution in [0.1, 0.15) is 37.4 Å². The molecule has 0 aromatic heterocycles. The van der Waals surface area contributed by atoms with Crippen molar-refractivity contribution in [2.75, 3.05) is 26.4 Å². The molecule has 108 valence electrons. The summed E-state index contributed by atoms with van der Waals surface area (Å²) in [7, 11) is 0. The van der Waals surface area contributed by atoms with E-state index in [2.05, 4.69) is 17.4 Å². The average Bonchev–Trinajstić information content (AvgIpc) is 2.96. The summed E-state index contributed by atoms with van der Waals surface area (Å²) < 4.78 is 17.3. The molecule has 0 bridgehead atoms. The van der Waals surface area contributed by atoms with Crippen LogP contribution in [-0.4, -0.2) is 31.9 Å². The SMILES string of the molecule is c1cc2c(cc1C1CNC3(CCCC3)CO1)OCCO2. The second-order valence-electron chi connectivity index (χ2n) is 6.07. The lowest BCUT2D eigenvalue weighted by molar-refractivity contribution is -0.0327. The van der Waals surface area contributed by atoms with Crippen molar-refractivity contribution in [1.29, 1.82) is 0 Å². The van der Waals surface area contributed by atoms with Crippen molar-refractivity contribution in [3.63, 3.8) is 0 Å². The molecule has 1 aromatic rings. The maximum Gasteiger partial charge on any atom is 0.161 e. The van der Waals surface area contributed by atoms with Gasteiger partial charge >= 0.3 is 0 Å². The van der Waals surface area contributed by atoms with Crippen LogP contribution in [0.3, 0.4) is 0 Å². The van der Waals surface area contributed by atoms with Crippen LogP contribution in [0.25, 0.3) is 0 Å². The molecule has 1 atom stereocenters. The van der Waals surface area contributed by atoms with Crippen LogP contribution < -0.4 is 14.8 Å². The summed E-state index contributed by atoms with van der Waals surface area (Å²) in [6, 6.07) is 6.15. The maximum atomic E-state index is 6.13. The van der Waals surface area contributed by atoms with E-state index in [-0.39, 0.29) is 11.6 Å². The molecule has 1 saturated heterocycles. The first-order valence-corrected chi connectivity index (χ1v) is 7.61. The average molecular weight is 275 g/mol. The van der Waals surface area contributed by atoms with E-state index >= 15 is 0 Å². The molecule has 2 fully saturated rings. The Morgan fingerprint density at radius 1 is 1.05 bits per heavy atom. The lowest BCUT2D eigenvalue weighted by atomic mass is 9.95. The Balaban J connectivity index is 1.48. The normalized spacial score (nSPS) is 27.7. The number of benzene rings is 1. The van der Waals surface area contributed by atoms with Crippen LogP contribution >= 0.6 is 0 Å². The van der Waals surface area contributed by atoms with Gasteiger partial charge in [-0.2, -0.15) is 0 Å². The van der Waals surface area contributed by atoms with Gasteiger partial charge in [-0.3, -0.25) is 0 Å². The van der Waals surface area contributed by atoms with E-state index < -0.39 is 0 Å². The minimum atomic E-state index is 0.122. The van der Waals surface area contributed by atoms with Crippen LogP contribution in [0.4, 0.5) is 0 Å². The second kappa shape index (κ2) is 4.93. The molecular formula is C16H21NO3. The molecule has 2 heterocycles. The molecule has 1 aliphatic carbocycles. The zero-order valence-corrected chi connectivity index (χ0v) is 11.7. The van der Waals surface area contributed by atoms with Crippen LogP contribution in [0, 0.1) is 0 Å². The monoisotopic (exact) mass is 275 g/mol. The highest BCUT2D eigenvalue weighted by atomic mass is 16.6. The molecule has 1 unspecified atom stereocenters. The van der Waals surface area contributed by atoms with E-state index in [0.29, 0.717) is 13.2 Å². The topological polar surface area (TPSA) is 39.7 Å². The van der Waals surface area contributed by atoms with Gasteiger partial charge in [0.2, 0.25) is 0 Å². The lowest BCUT2D eigenvalue weighted by Gasteiger charge is -2.39. The van der Waals surface area contributed by atoms with E-state index in [1.165, 1.54) is 31.2 Å². The molecule has 2 aliphatic heterocycles. The van der Waals surface area contributed by atoms with Gasteiger partial charge in [0.15, 0.2) is 11.5 Å². The fourth-order valence-electron chi connectivity index (χ4n) is 3.53. The summed E-state index contributed by atoms with van der Waals surface area (Å²) >= 11 is 0. The van der Waals surface area contributed by atoms with Gasteiger partial charge in [0.05, 0.1) is 12.7 Å². The smallest absolute Gasteiger partial charge is 0.161 e. The van der Waals surface area contributed by atoms with Crippen LogP contribution in [-0.2, 0) is 4.74 Å². The molecule has 4 heteroatoms. The minimum Gasteiger partial charge on any atom is -0.486 e. The third-order valence-electron chi connectivity index (χ3n) is 4.72. The number of ether oxygens (including phenoxy) is 3. The van der Waals surface area contributed by atoms with Gasteiger partial charge in [-0.1, -0.05) is 18.9 Å². The Morgan fingerprint density at radius 2 is 1.85 bits per heavy atom. The molecule has 1 aromatic carbocycles. The quantitative estimate of drug-likeness (QED) is 0.854. The van der Waals surface area contributed by atoms with Gasteiger partial charge in [-0.25, -0.2) is 0 Å². The summed E-state index contributed by atoms with van der Waals surface area (Å²) in [6.45, 7) is 2.98. The van der Waals surface area contributed by atoms with Gasteiger partial charge < -0.3 is 19.5 Å². The van der Waals surface area contributed by atoms with Crippen LogP contribution in [0.15, 0.2) is 18.2 Å². The number of fused-ring (bicyclic) bond motifs is 1. The van der Waals surface area contributed by atoms with E-state index in [9.17, 15) is 0 Å². The largest absolute Gasteiger partial charge is 0.486 e. The molecule has 20 heavy (non-hydrogen) atoms. The van der Waals surface area contributed by atoms with Gasteiger partial charge in [-0.15, -0.1) is 0 Å². The highest BCUT2D eigenvalue weighted by molar-refractivity contribution is 5.44. The highest BCUT2D eigenvalue weighted by Gasteiger charge is 2.38. The van der Waals surface area contributed by atoms with E-state index in [1.807, 2.05) is 6.07 Å². The lowest BCUT2D eigenvalue weighted by Crippen LogP contribution is -2.53. The van der Waals surface area contributed by atoms with Crippen molar-refractivity contribution in [3.8, 4) is 11.5 Å². The molecule has 1 N–H and O–H groups in total. The summed E-state index contributed by atoms with van der Waals surface area (Å²) in [4.78, 5) is 0. The van der Waals surface area contributed by atoms with E-state index in [1.54, 1.807) is 0 Å². The Hall–Kier alpha value is -1.26. The number of rotatable bonds is 1. The van der Waals surface area contributed by atoms with Crippen LogP contribution in [0.5, 0.6) is 11.5 Å². The second-order valence-corrected chi connectivity index (χ2v) is 6.07. The predicted molar refractivity (Wildman–Crippen MR) is 75.3 cm³/mol. The van der Waals surface area contributed by atoms with Gasteiger partial charge in [-0.05, 0) is 30.5 Å². The Labute approximate surface area is 119 Å². The summed E-state index contributed by atoms with van der Waals surface area (Å²) in [5.41, 5.74) is 1.43. The van der Waals surface area contributed by atoms with Crippen LogP contribution in [0.2, 0.25) is 0 Å². The standard InChI is InChI=1S/C16H21NO3/c1-2-6-16(5-1)11-20-15(10-17-16)12-3-4-13-14(9-12)19-8-7-18-13/h3-4,9,15,17H,1-2,5-8,10-11H2. The van der Waals surface area contributed by atoms with Crippen molar-refractivity contribution in [3.05, 3.63) is 23.8 Å².